The molecule has 1 N–H and O–H groups in total. The Balaban J connectivity index is 1.91. The molecular formula is C14H19N3O2. The number of ether oxygens (including phenoxy) is 1. The SMILES string of the molecule is CCOC(C)c1noc(CNc2ccc(C)cc2)n1. The van der Waals surface area contributed by atoms with Crippen LogP contribution in [0.15, 0.2) is 28.8 Å². The monoisotopic (exact) mass is 261 g/mol. The highest BCUT2D eigenvalue weighted by Gasteiger charge is 2.13. The van der Waals surface area contributed by atoms with Crippen molar-refractivity contribution in [3.05, 3.63) is 41.5 Å². The molecule has 1 heterocycles. The molecule has 102 valence electrons. The van der Waals surface area contributed by atoms with Crippen LogP contribution < -0.4 is 5.32 Å². The number of nitrogens with zero attached hydrogens (tertiary/aromatic N) is 2. The molecule has 0 amide bonds. The summed E-state index contributed by atoms with van der Waals surface area (Å²) in [5.74, 6) is 1.14. The molecule has 1 aromatic heterocycles. The van der Waals surface area contributed by atoms with E-state index in [9.17, 15) is 0 Å². The quantitative estimate of drug-likeness (QED) is 0.865. The fourth-order valence-corrected chi connectivity index (χ4v) is 1.68. The van der Waals surface area contributed by atoms with Gasteiger partial charge in [0.2, 0.25) is 5.89 Å². The van der Waals surface area contributed by atoms with Crippen molar-refractivity contribution in [2.75, 3.05) is 11.9 Å². The first-order chi connectivity index (χ1) is 9.19. The fourth-order valence-electron chi connectivity index (χ4n) is 1.68. The molecular weight excluding hydrogens is 242 g/mol. The summed E-state index contributed by atoms with van der Waals surface area (Å²) in [7, 11) is 0. The molecule has 1 atom stereocenters. The maximum absolute atomic E-state index is 5.41. The Labute approximate surface area is 113 Å². The van der Waals surface area contributed by atoms with Crippen LogP contribution in [0.25, 0.3) is 0 Å². The Morgan fingerprint density at radius 3 is 2.74 bits per heavy atom. The van der Waals surface area contributed by atoms with E-state index in [1.807, 2.05) is 26.0 Å². The van der Waals surface area contributed by atoms with Gasteiger partial charge in [-0.15, -0.1) is 0 Å². The number of nitrogens with one attached hydrogen (secondary N) is 1. The van der Waals surface area contributed by atoms with E-state index in [1.54, 1.807) is 0 Å². The summed E-state index contributed by atoms with van der Waals surface area (Å²) in [6.45, 7) is 7.05. The number of hydrogen-bond acceptors (Lipinski definition) is 5. The van der Waals surface area contributed by atoms with E-state index in [1.165, 1.54) is 5.56 Å². The van der Waals surface area contributed by atoms with Crippen molar-refractivity contribution < 1.29 is 9.26 Å². The molecule has 0 aliphatic carbocycles. The van der Waals surface area contributed by atoms with E-state index in [2.05, 4.69) is 34.5 Å². The maximum atomic E-state index is 5.41. The molecule has 0 saturated heterocycles. The predicted octanol–water partition coefficient (Wildman–Crippen LogP) is 3.09. The molecule has 5 heteroatoms. The van der Waals surface area contributed by atoms with Crippen LogP contribution in [-0.4, -0.2) is 16.7 Å². The number of rotatable bonds is 6. The van der Waals surface area contributed by atoms with Crippen LogP contribution in [0.5, 0.6) is 0 Å². The first-order valence-electron chi connectivity index (χ1n) is 6.43. The van der Waals surface area contributed by atoms with Crippen LogP contribution in [0.1, 0.15) is 37.2 Å². The zero-order valence-electron chi connectivity index (χ0n) is 11.5. The van der Waals surface area contributed by atoms with Gasteiger partial charge in [-0.25, -0.2) is 0 Å². The van der Waals surface area contributed by atoms with Gasteiger partial charge in [-0.3, -0.25) is 0 Å². The second kappa shape index (κ2) is 6.33. The second-order valence-electron chi connectivity index (χ2n) is 4.36. The molecule has 1 unspecified atom stereocenters. The van der Waals surface area contributed by atoms with E-state index in [4.69, 9.17) is 9.26 Å². The van der Waals surface area contributed by atoms with E-state index < -0.39 is 0 Å². The zero-order valence-corrected chi connectivity index (χ0v) is 11.5. The molecule has 0 spiro atoms. The lowest BCUT2D eigenvalue weighted by atomic mass is 10.2. The van der Waals surface area contributed by atoms with Crippen molar-refractivity contribution in [1.29, 1.82) is 0 Å². The standard InChI is InChI=1S/C14H19N3O2/c1-4-18-11(3)14-16-13(19-17-14)9-15-12-7-5-10(2)6-8-12/h5-8,11,15H,4,9H2,1-3H3. The Morgan fingerprint density at radius 2 is 2.05 bits per heavy atom. The molecule has 2 aromatic rings. The Kier molecular flexibility index (Phi) is 4.52. The van der Waals surface area contributed by atoms with Gasteiger partial charge in [0.25, 0.3) is 0 Å². The van der Waals surface area contributed by atoms with Crippen LogP contribution in [0.2, 0.25) is 0 Å². The Morgan fingerprint density at radius 1 is 1.32 bits per heavy atom. The van der Waals surface area contributed by atoms with E-state index in [0.717, 1.165) is 5.69 Å². The van der Waals surface area contributed by atoms with Crippen LogP contribution in [0.3, 0.4) is 0 Å². The number of benzene rings is 1. The van der Waals surface area contributed by atoms with Gasteiger partial charge >= 0.3 is 0 Å². The lowest BCUT2D eigenvalue weighted by Gasteiger charge is -2.05. The van der Waals surface area contributed by atoms with Crippen LogP contribution >= 0.6 is 0 Å². The predicted molar refractivity (Wildman–Crippen MR) is 72.8 cm³/mol. The summed E-state index contributed by atoms with van der Waals surface area (Å²) < 4.78 is 10.6. The van der Waals surface area contributed by atoms with Gasteiger partial charge in [-0.2, -0.15) is 4.98 Å². The van der Waals surface area contributed by atoms with Gasteiger partial charge in [-0.1, -0.05) is 22.9 Å². The summed E-state index contributed by atoms with van der Waals surface area (Å²) >= 11 is 0. The smallest absolute Gasteiger partial charge is 0.246 e. The van der Waals surface area contributed by atoms with Gasteiger partial charge < -0.3 is 14.6 Å². The Hall–Kier alpha value is -1.88. The molecule has 19 heavy (non-hydrogen) atoms. The van der Waals surface area contributed by atoms with Gasteiger partial charge in [0.15, 0.2) is 5.82 Å². The summed E-state index contributed by atoms with van der Waals surface area (Å²) in [6, 6.07) is 8.16. The topological polar surface area (TPSA) is 60.2 Å². The summed E-state index contributed by atoms with van der Waals surface area (Å²) in [4.78, 5) is 4.30. The van der Waals surface area contributed by atoms with Crippen LogP contribution in [0, 0.1) is 6.92 Å². The van der Waals surface area contributed by atoms with Crippen molar-refractivity contribution in [3.8, 4) is 0 Å². The van der Waals surface area contributed by atoms with Gasteiger partial charge in [-0.05, 0) is 32.9 Å². The van der Waals surface area contributed by atoms with Crippen molar-refractivity contribution >= 4 is 5.69 Å². The maximum Gasteiger partial charge on any atom is 0.246 e. The molecule has 0 saturated carbocycles. The molecule has 0 radical (unpaired) electrons. The van der Waals surface area contributed by atoms with Gasteiger partial charge in [0, 0.05) is 12.3 Å². The molecule has 0 fully saturated rings. The largest absolute Gasteiger partial charge is 0.376 e. The normalized spacial score (nSPS) is 12.4. The fraction of sp³-hybridized carbons (Fsp3) is 0.429. The van der Waals surface area contributed by atoms with Gasteiger partial charge in [0.05, 0.1) is 6.54 Å². The summed E-state index contributed by atoms with van der Waals surface area (Å²) in [5, 5.41) is 7.15. The van der Waals surface area contributed by atoms with Gasteiger partial charge in [0.1, 0.15) is 6.10 Å². The second-order valence-corrected chi connectivity index (χ2v) is 4.36. The molecule has 0 bridgehead atoms. The molecule has 2 rings (SSSR count). The van der Waals surface area contributed by atoms with Crippen molar-refractivity contribution in [2.45, 2.75) is 33.4 Å². The average Bonchev–Trinajstić information content (AvgIpc) is 2.87. The van der Waals surface area contributed by atoms with Crippen molar-refractivity contribution in [3.63, 3.8) is 0 Å². The summed E-state index contributed by atoms with van der Waals surface area (Å²) in [5.41, 5.74) is 2.26. The third kappa shape index (κ3) is 3.79. The van der Waals surface area contributed by atoms with Crippen molar-refractivity contribution in [2.24, 2.45) is 0 Å². The number of aromatic nitrogens is 2. The minimum atomic E-state index is -0.137. The number of aryl methyl sites for hydroxylation is 1. The van der Waals surface area contributed by atoms with E-state index in [0.29, 0.717) is 24.9 Å². The number of hydrogen-bond donors (Lipinski definition) is 1. The molecule has 5 nitrogen and oxygen atoms in total. The average molecular weight is 261 g/mol. The minimum absolute atomic E-state index is 0.137. The summed E-state index contributed by atoms with van der Waals surface area (Å²) in [6.07, 6.45) is -0.137. The van der Waals surface area contributed by atoms with E-state index >= 15 is 0 Å². The highest BCUT2D eigenvalue weighted by atomic mass is 16.5. The molecule has 0 aliphatic rings. The highest BCUT2D eigenvalue weighted by Crippen LogP contribution is 2.14. The third-order valence-corrected chi connectivity index (χ3v) is 2.76. The highest BCUT2D eigenvalue weighted by molar-refractivity contribution is 5.44. The van der Waals surface area contributed by atoms with Crippen LogP contribution in [-0.2, 0) is 11.3 Å². The lowest BCUT2D eigenvalue weighted by molar-refractivity contribution is 0.0683. The molecule has 1 aromatic carbocycles. The Bertz CT molecular complexity index is 508. The first-order valence-corrected chi connectivity index (χ1v) is 6.43. The molecule has 0 aliphatic heterocycles. The van der Waals surface area contributed by atoms with Crippen molar-refractivity contribution in [1.82, 2.24) is 10.1 Å². The minimum Gasteiger partial charge on any atom is -0.376 e. The lowest BCUT2D eigenvalue weighted by Crippen LogP contribution is -2.03. The van der Waals surface area contributed by atoms with E-state index in [-0.39, 0.29) is 6.10 Å². The first kappa shape index (κ1) is 13.5. The van der Waals surface area contributed by atoms with Crippen LogP contribution in [0.4, 0.5) is 5.69 Å². The zero-order chi connectivity index (χ0) is 13.7. The third-order valence-electron chi connectivity index (χ3n) is 2.76. The number of anilines is 1.